The number of amides is 2. The molecule has 0 saturated carbocycles. The SMILES string of the molecule is CC(=O)NCCNc1cc(N2CCN(C(=O)/C=C/c3cccc(C#N)c3)CC2)nc(-c2ccc(Cl)cc2)n1. The van der Waals surface area contributed by atoms with Crippen LogP contribution in [-0.4, -0.2) is 66.0 Å². The highest BCUT2D eigenvalue weighted by atomic mass is 35.5. The number of hydrogen-bond acceptors (Lipinski definition) is 7. The van der Waals surface area contributed by atoms with Crippen LogP contribution in [0.15, 0.2) is 60.7 Å². The summed E-state index contributed by atoms with van der Waals surface area (Å²) < 4.78 is 0. The van der Waals surface area contributed by atoms with Gasteiger partial charge in [-0.1, -0.05) is 23.7 Å². The fourth-order valence-corrected chi connectivity index (χ4v) is 4.11. The van der Waals surface area contributed by atoms with Crippen LogP contribution in [0.3, 0.4) is 0 Å². The fraction of sp³-hybridized carbons (Fsp3) is 0.250. The van der Waals surface area contributed by atoms with Crippen molar-refractivity contribution in [2.75, 3.05) is 49.5 Å². The van der Waals surface area contributed by atoms with Crippen molar-refractivity contribution in [1.29, 1.82) is 5.26 Å². The van der Waals surface area contributed by atoms with Crippen molar-refractivity contribution in [3.05, 3.63) is 76.8 Å². The Morgan fingerprint density at radius 1 is 1.05 bits per heavy atom. The van der Waals surface area contributed by atoms with Crippen LogP contribution in [0.1, 0.15) is 18.1 Å². The molecule has 38 heavy (non-hydrogen) atoms. The van der Waals surface area contributed by atoms with Gasteiger partial charge < -0.3 is 20.4 Å². The molecule has 0 aliphatic carbocycles. The van der Waals surface area contributed by atoms with Gasteiger partial charge >= 0.3 is 0 Å². The van der Waals surface area contributed by atoms with Crippen LogP contribution >= 0.6 is 11.6 Å². The number of nitrogens with one attached hydrogen (secondary N) is 2. The lowest BCUT2D eigenvalue weighted by atomic mass is 10.1. The Kier molecular flexibility index (Phi) is 8.90. The molecule has 2 N–H and O–H groups in total. The summed E-state index contributed by atoms with van der Waals surface area (Å²) in [6, 6.07) is 18.5. The first kappa shape index (κ1) is 26.6. The number of aromatic nitrogens is 2. The van der Waals surface area contributed by atoms with Gasteiger partial charge in [-0.05, 0) is 48.0 Å². The fourth-order valence-electron chi connectivity index (χ4n) is 3.98. The molecule has 0 radical (unpaired) electrons. The Morgan fingerprint density at radius 3 is 2.53 bits per heavy atom. The molecule has 4 rings (SSSR count). The van der Waals surface area contributed by atoms with Crippen LogP contribution in [0.4, 0.5) is 11.6 Å². The number of nitrogens with zero attached hydrogens (tertiary/aromatic N) is 5. The highest BCUT2D eigenvalue weighted by molar-refractivity contribution is 6.30. The summed E-state index contributed by atoms with van der Waals surface area (Å²) in [6.45, 7) is 4.80. The standard InChI is InChI=1S/C28H28ClN7O2/c1-20(37)31-11-12-32-25-18-26(34-28(33-25)23-6-8-24(29)9-7-23)35-13-15-36(16-14-35)27(38)10-5-21-3-2-4-22(17-21)19-30/h2-10,17-18H,11-16H2,1H3,(H,31,37)(H,32,33,34)/b10-5+. The molecule has 1 fully saturated rings. The number of anilines is 2. The lowest BCUT2D eigenvalue weighted by Gasteiger charge is -2.35. The summed E-state index contributed by atoms with van der Waals surface area (Å²) in [6.07, 6.45) is 3.28. The summed E-state index contributed by atoms with van der Waals surface area (Å²) in [5, 5.41) is 15.7. The molecule has 2 heterocycles. The average molecular weight is 530 g/mol. The lowest BCUT2D eigenvalue weighted by molar-refractivity contribution is -0.126. The van der Waals surface area contributed by atoms with Crippen molar-refractivity contribution in [2.45, 2.75) is 6.92 Å². The Hall–Kier alpha value is -4.42. The van der Waals surface area contributed by atoms with E-state index in [1.807, 2.05) is 24.3 Å². The van der Waals surface area contributed by atoms with E-state index in [0.717, 1.165) is 16.9 Å². The average Bonchev–Trinajstić information content (AvgIpc) is 2.94. The van der Waals surface area contributed by atoms with E-state index in [2.05, 4.69) is 26.6 Å². The number of rotatable bonds is 8. The Labute approximate surface area is 226 Å². The van der Waals surface area contributed by atoms with E-state index in [1.165, 1.54) is 6.92 Å². The minimum atomic E-state index is -0.0880. The molecule has 2 aromatic carbocycles. The third-order valence-electron chi connectivity index (χ3n) is 5.97. The lowest BCUT2D eigenvalue weighted by Crippen LogP contribution is -2.48. The van der Waals surface area contributed by atoms with Gasteiger partial charge in [-0.3, -0.25) is 9.59 Å². The topological polar surface area (TPSA) is 114 Å². The second kappa shape index (κ2) is 12.7. The minimum Gasteiger partial charge on any atom is -0.368 e. The van der Waals surface area contributed by atoms with Crippen molar-refractivity contribution in [1.82, 2.24) is 20.2 Å². The first-order valence-corrected chi connectivity index (χ1v) is 12.6. The highest BCUT2D eigenvalue weighted by Crippen LogP contribution is 2.25. The van der Waals surface area contributed by atoms with Crippen molar-refractivity contribution in [3.63, 3.8) is 0 Å². The van der Waals surface area contributed by atoms with Crippen molar-refractivity contribution < 1.29 is 9.59 Å². The molecule has 1 saturated heterocycles. The number of carbonyl (C=O) groups is 2. The first-order valence-electron chi connectivity index (χ1n) is 12.3. The van der Waals surface area contributed by atoms with Crippen LogP contribution in [-0.2, 0) is 9.59 Å². The molecule has 0 spiro atoms. The van der Waals surface area contributed by atoms with Gasteiger partial charge in [-0.2, -0.15) is 5.26 Å². The first-order chi connectivity index (χ1) is 18.4. The zero-order chi connectivity index (χ0) is 26.9. The molecule has 2 amide bonds. The summed E-state index contributed by atoms with van der Waals surface area (Å²) >= 11 is 6.06. The van der Waals surface area contributed by atoms with E-state index in [9.17, 15) is 9.59 Å². The van der Waals surface area contributed by atoms with Gasteiger partial charge in [0.2, 0.25) is 11.8 Å². The number of benzene rings is 2. The molecule has 0 atom stereocenters. The van der Waals surface area contributed by atoms with Crippen molar-refractivity contribution in [3.8, 4) is 17.5 Å². The number of hydrogen-bond donors (Lipinski definition) is 2. The van der Waals surface area contributed by atoms with E-state index >= 15 is 0 Å². The van der Waals surface area contributed by atoms with Crippen LogP contribution < -0.4 is 15.5 Å². The number of halogens is 1. The third kappa shape index (κ3) is 7.31. The van der Waals surface area contributed by atoms with Gasteiger partial charge in [0, 0.05) is 68.9 Å². The maximum Gasteiger partial charge on any atom is 0.246 e. The molecule has 0 unspecified atom stereocenters. The number of carbonyl (C=O) groups excluding carboxylic acids is 2. The maximum atomic E-state index is 12.8. The van der Waals surface area contributed by atoms with Gasteiger partial charge in [0.15, 0.2) is 5.82 Å². The van der Waals surface area contributed by atoms with Gasteiger partial charge in [-0.25, -0.2) is 9.97 Å². The molecule has 1 aliphatic rings. The van der Waals surface area contributed by atoms with E-state index in [1.54, 1.807) is 47.4 Å². The van der Waals surface area contributed by atoms with E-state index in [0.29, 0.717) is 61.5 Å². The number of piperazine rings is 1. The van der Waals surface area contributed by atoms with Crippen LogP contribution in [0.5, 0.6) is 0 Å². The predicted molar refractivity (Wildman–Crippen MR) is 149 cm³/mol. The second-order valence-electron chi connectivity index (χ2n) is 8.73. The molecule has 0 bridgehead atoms. The smallest absolute Gasteiger partial charge is 0.246 e. The molecule has 1 aromatic heterocycles. The van der Waals surface area contributed by atoms with E-state index in [-0.39, 0.29) is 11.8 Å². The minimum absolute atomic E-state index is 0.0723. The van der Waals surface area contributed by atoms with E-state index < -0.39 is 0 Å². The van der Waals surface area contributed by atoms with Gasteiger partial charge in [0.25, 0.3) is 0 Å². The summed E-state index contributed by atoms with van der Waals surface area (Å²) in [7, 11) is 0. The van der Waals surface area contributed by atoms with Crippen LogP contribution in [0.25, 0.3) is 17.5 Å². The van der Waals surface area contributed by atoms with Crippen LogP contribution in [0, 0.1) is 11.3 Å². The molecule has 1 aliphatic heterocycles. The third-order valence-corrected chi connectivity index (χ3v) is 6.22. The number of nitriles is 1. The Morgan fingerprint density at radius 2 is 1.82 bits per heavy atom. The summed E-state index contributed by atoms with van der Waals surface area (Å²) in [5.41, 5.74) is 2.20. The van der Waals surface area contributed by atoms with E-state index in [4.69, 9.17) is 21.8 Å². The normalized spacial score (nSPS) is 13.3. The zero-order valence-electron chi connectivity index (χ0n) is 21.0. The highest BCUT2D eigenvalue weighted by Gasteiger charge is 2.22. The Balaban J connectivity index is 1.44. The molecular weight excluding hydrogens is 502 g/mol. The van der Waals surface area contributed by atoms with Crippen LogP contribution in [0.2, 0.25) is 5.02 Å². The van der Waals surface area contributed by atoms with Gasteiger partial charge in [0.1, 0.15) is 11.6 Å². The molecule has 194 valence electrons. The van der Waals surface area contributed by atoms with Gasteiger partial charge in [-0.15, -0.1) is 0 Å². The second-order valence-corrected chi connectivity index (χ2v) is 9.17. The predicted octanol–water partition coefficient (Wildman–Crippen LogP) is 3.58. The summed E-state index contributed by atoms with van der Waals surface area (Å²) in [5.74, 6) is 1.79. The van der Waals surface area contributed by atoms with Crippen molar-refractivity contribution in [2.24, 2.45) is 0 Å². The Bertz CT molecular complexity index is 1360. The zero-order valence-corrected chi connectivity index (χ0v) is 21.8. The molecule has 10 heteroatoms. The van der Waals surface area contributed by atoms with Crippen molar-refractivity contribution >= 4 is 41.1 Å². The van der Waals surface area contributed by atoms with Gasteiger partial charge in [0.05, 0.1) is 11.6 Å². The maximum absolute atomic E-state index is 12.8. The molecular formula is C28H28ClN7O2. The monoisotopic (exact) mass is 529 g/mol. The summed E-state index contributed by atoms with van der Waals surface area (Å²) in [4.78, 5) is 37.3. The molecule has 3 aromatic rings. The largest absolute Gasteiger partial charge is 0.368 e. The molecule has 9 nitrogen and oxygen atoms in total. The quantitative estimate of drug-likeness (QED) is 0.338.